The second-order valence-electron chi connectivity index (χ2n) is 7.34. The van der Waals surface area contributed by atoms with Crippen LogP contribution in [-0.2, 0) is 6.61 Å². The van der Waals surface area contributed by atoms with Gasteiger partial charge in [0.05, 0.1) is 23.5 Å². The monoisotopic (exact) mass is 604 g/mol. The Bertz CT molecular complexity index is 1230. The first kappa shape index (κ1) is 27.0. The second kappa shape index (κ2) is 13.5. The predicted octanol–water partition coefficient (Wildman–Crippen LogP) is 5.75. The average molecular weight is 604 g/mol. The predicted molar refractivity (Wildman–Crippen MR) is 145 cm³/mol. The van der Waals surface area contributed by atoms with Gasteiger partial charge in [-0.3, -0.25) is 4.79 Å². The van der Waals surface area contributed by atoms with Gasteiger partial charge in [-0.25, -0.2) is 9.82 Å². The number of rotatable bonds is 12. The first-order valence-corrected chi connectivity index (χ1v) is 12.1. The Morgan fingerprint density at radius 2 is 1.83 bits per heavy atom. The van der Waals surface area contributed by atoms with E-state index in [1.807, 2.05) is 13.0 Å². The molecule has 3 aromatic carbocycles. The van der Waals surface area contributed by atoms with Gasteiger partial charge in [0.1, 0.15) is 19.0 Å². The minimum Gasteiger partial charge on any atom is -0.493 e. The van der Waals surface area contributed by atoms with E-state index >= 15 is 0 Å². The van der Waals surface area contributed by atoms with Crippen LogP contribution in [0.4, 0.5) is 4.39 Å². The first-order valence-electron chi connectivity index (χ1n) is 11.0. The number of halogens is 2. The van der Waals surface area contributed by atoms with E-state index in [4.69, 9.17) is 18.9 Å². The molecule has 3 aromatic rings. The lowest BCUT2D eigenvalue weighted by molar-refractivity contribution is 0.0954. The summed E-state index contributed by atoms with van der Waals surface area (Å²) in [6.45, 7) is 6.52. The van der Waals surface area contributed by atoms with E-state index in [2.05, 4.69) is 39.7 Å². The largest absolute Gasteiger partial charge is 0.493 e. The van der Waals surface area contributed by atoms with Crippen molar-refractivity contribution in [1.29, 1.82) is 0 Å². The van der Waals surface area contributed by atoms with Crippen molar-refractivity contribution in [2.45, 2.75) is 13.5 Å². The standard InChI is InChI=1S/C27H26FIN2O5/c1-4-12-35-23-11-8-20(15-24(23)33-3)27(32)31-30-16-19-13-22(29)26(25(14-19)34-5-2)36-17-18-6-9-21(28)10-7-18/h4,6-11,13-16H,1,5,12,17H2,2-3H3,(H,31,32)/b30-16+. The highest BCUT2D eigenvalue weighted by Crippen LogP contribution is 2.34. The third-order valence-corrected chi connectivity index (χ3v) is 5.59. The molecule has 0 aliphatic rings. The van der Waals surface area contributed by atoms with Gasteiger partial charge in [0.25, 0.3) is 5.91 Å². The fraction of sp³-hybridized carbons (Fsp3) is 0.185. The van der Waals surface area contributed by atoms with Crippen molar-refractivity contribution in [3.63, 3.8) is 0 Å². The van der Waals surface area contributed by atoms with Crippen LogP contribution in [0.1, 0.15) is 28.4 Å². The summed E-state index contributed by atoms with van der Waals surface area (Å²) in [6, 6.07) is 14.6. The Labute approximate surface area is 223 Å². The molecule has 7 nitrogen and oxygen atoms in total. The van der Waals surface area contributed by atoms with Crippen LogP contribution in [0.3, 0.4) is 0 Å². The van der Waals surface area contributed by atoms with Gasteiger partial charge in [-0.1, -0.05) is 24.8 Å². The molecule has 0 radical (unpaired) electrons. The molecular formula is C27H26FIN2O5. The van der Waals surface area contributed by atoms with Crippen LogP contribution in [0.25, 0.3) is 0 Å². The average Bonchev–Trinajstić information content (AvgIpc) is 2.88. The molecule has 0 fully saturated rings. The van der Waals surface area contributed by atoms with E-state index in [0.717, 1.165) is 9.13 Å². The van der Waals surface area contributed by atoms with Crippen LogP contribution < -0.4 is 24.4 Å². The zero-order chi connectivity index (χ0) is 25.9. The van der Waals surface area contributed by atoms with Crippen molar-refractivity contribution < 1.29 is 28.1 Å². The van der Waals surface area contributed by atoms with E-state index < -0.39 is 5.91 Å². The number of amides is 1. The minimum atomic E-state index is -0.404. The van der Waals surface area contributed by atoms with Crippen molar-refractivity contribution in [1.82, 2.24) is 5.43 Å². The maximum absolute atomic E-state index is 13.1. The van der Waals surface area contributed by atoms with E-state index in [9.17, 15) is 9.18 Å². The third kappa shape index (κ3) is 7.45. The number of carbonyl (C=O) groups is 1. The quantitative estimate of drug-likeness (QED) is 0.123. The Morgan fingerprint density at radius 1 is 1.06 bits per heavy atom. The summed E-state index contributed by atoms with van der Waals surface area (Å²) in [5.41, 5.74) is 4.42. The minimum absolute atomic E-state index is 0.265. The summed E-state index contributed by atoms with van der Waals surface area (Å²) in [4.78, 5) is 12.6. The molecule has 0 saturated carbocycles. The number of nitrogens with zero attached hydrogens (tertiary/aromatic N) is 1. The van der Waals surface area contributed by atoms with Crippen molar-refractivity contribution in [3.05, 3.63) is 93.3 Å². The number of benzene rings is 3. The van der Waals surface area contributed by atoms with Crippen molar-refractivity contribution in [3.8, 4) is 23.0 Å². The molecule has 0 bridgehead atoms. The van der Waals surface area contributed by atoms with E-state index in [0.29, 0.717) is 47.3 Å². The molecule has 0 aliphatic carbocycles. The Morgan fingerprint density at radius 3 is 2.53 bits per heavy atom. The topological polar surface area (TPSA) is 78.4 Å². The van der Waals surface area contributed by atoms with E-state index in [-0.39, 0.29) is 12.4 Å². The molecular weight excluding hydrogens is 578 g/mol. The highest BCUT2D eigenvalue weighted by molar-refractivity contribution is 14.1. The highest BCUT2D eigenvalue weighted by Gasteiger charge is 2.13. The normalized spacial score (nSPS) is 10.7. The number of hydrogen-bond acceptors (Lipinski definition) is 6. The number of methoxy groups -OCH3 is 1. The third-order valence-electron chi connectivity index (χ3n) is 4.79. The molecule has 0 heterocycles. The fourth-order valence-corrected chi connectivity index (χ4v) is 3.89. The van der Waals surface area contributed by atoms with Crippen LogP contribution >= 0.6 is 22.6 Å². The second-order valence-corrected chi connectivity index (χ2v) is 8.50. The first-order chi connectivity index (χ1) is 17.4. The van der Waals surface area contributed by atoms with Gasteiger partial charge in [-0.05, 0) is 83.1 Å². The van der Waals surface area contributed by atoms with Gasteiger partial charge in [-0.2, -0.15) is 5.10 Å². The molecule has 36 heavy (non-hydrogen) atoms. The Hall–Kier alpha value is -3.60. The van der Waals surface area contributed by atoms with Crippen LogP contribution in [0.5, 0.6) is 23.0 Å². The lowest BCUT2D eigenvalue weighted by Crippen LogP contribution is -2.17. The molecule has 0 atom stereocenters. The maximum Gasteiger partial charge on any atom is 0.271 e. The van der Waals surface area contributed by atoms with E-state index in [1.165, 1.54) is 25.5 Å². The number of hydrogen-bond donors (Lipinski definition) is 1. The van der Waals surface area contributed by atoms with Gasteiger partial charge in [-0.15, -0.1) is 0 Å². The van der Waals surface area contributed by atoms with Crippen molar-refractivity contribution in [2.24, 2.45) is 5.10 Å². The van der Waals surface area contributed by atoms with Crippen molar-refractivity contribution in [2.75, 3.05) is 20.3 Å². The number of carbonyl (C=O) groups excluding carboxylic acids is 1. The fourth-order valence-electron chi connectivity index (χ4n) is 3.11. The summed E-state index contributed by atoms with van der Waals surface area (Å²) in [5.74, 6) is 1.36. The number of nitrogens with one attached hydrogen (secondary N) is 1. The molecule has 0 unspecified atom stereocenters. The van der Waals surface area contributed by atoms with Crippen LogP contribution in [0.15, 0.2) is 72.4 Å². The number of hydrazone groups is 1. The zero-order valence-corrected chi connectivity index (χ0v) is 22.1. The molecule has 188 valence electrons. The lowest BCUT2D eigenvalue weighted by atomic mass is 10.2. The van der Waals surface area contributed by atoms with Gasteiger partial charge >= 0.3 is 0 Å². The highest BCUT2D eigenvalue weighted by atomic mass is 127. The molecule has 0 aliphatic heterocycles. The molecule has 9 heteroatoms. The van der Waals surface area contributed by atoms with Gasteiger partial charge < -0.3 is 18.9 Å². The SMILES string of the molecule is C=CCOc1ccc(C(=O)N/N=C/c2cc(I)c(OCc3ccc(F)cc3)c(OCC)c2)cc1OC. The molecule has 3 rings (SSSR count). The Kier molecular flexibility index (Phi) is 10.1. The summed E-state index contributed by atoms with van der Waals surface area (Å²) < 4.78 is 36.5. The van der Waals surface area contributed by atoms with Crippen LogP contribution in [0, 0.1) is 9.39 Å². The maximum atomic E-state index is 13.1. The van der Waals surface area contributed by atoms with Gasteiger partial charge in [0, 0.05) is 5.56 Å². The summed E-state index contributed by atoms with van der Waals surface area (Å²) in [6.07, 6.45) is 3.14. The summed E-state index contributed by atoms with van der Waals surface area (Å²) in [7, 11) is 1.50. The smallest absolute Gasteiger partial charge is 0.271 e. The summed E-state index contributed by atoms with van der Waals surface area (Å²) in [5, 5.41) is 4.07. The van der Waals surface area contributed by atoms with Crippen molar-refractivity contribution >= 4 is 34.7 Å². The zero-order valence-electron chi connectivity index (χ0n) is 19.9. The summed E-state index contributed by atoms with van der Waals surface area (Å²) >= 11 is 2.15. The van der Waals surface area contributed by atoms with Crippen LogP contribution in [-0.4, -0.2) is 32.4 Å². The molecule has 1 N–H and O–H groups in total. The number of ether oxygens (including phenoxy) is 4. The molecule has 0 spiro atoms. The lowest BCUT2D eigenvalue weighted by Gasteiger charge is -2.15. The van der Waals surface area contributed by atoms with E-state index in [1.54, 1.807) is 42.5 Å². The molecule has 1 amide bonds. The molecule has 0 saturated heterocycles. The van der Waals surface area contributed by atoms with Gasteiger partial charge in [0.2, 0.25) is 0 Å². The Balaban J connectivity index is 1.70. The molecule has 0 aromatic heterocycles. The van der Waals surface area contributed by atoms with Gasteiger partial charge in [0.15, 0.2) is 23.0 Å². The van der Waals surface area contributed by atoms with Crippen LogP contribution in [0.2, 0.25) is 0 Å².